The van der Waals surface area contributed by atoms with Crippen LogP contribution in [0.25, 0.3) is 0 Å². The van der Waals surface area contributed by atoms with Crippen LogP contribution in [0.3, 0.4) is 0 Å². The van der Waals surface area contributed by atoms with Crippen LogP contribution in [0.4, 0.5) is 4.39 Å². The maximum Gasteiger partial charge on any atom is 0.289 e. The van der Waals surface area contributed by atoms with E-state index in [0.717, 1.165) is 5.56 Å². The van der Waals surface area contributed by atoms with Gasteiger partial charge in [-0.05, 0) is 29.8 Å². The molecule has 1 saturated heterocycles. The number of carbonyl (C=O) groups excluding carboxylic acids is 2. The normalized spacial score (nSPS) is 14.5. The van der Waals surface area contributed by atoms with Gasteiger partial charge in [0.25, 0.3) is 5.91 Å². The zero-order valence-electron chi connectivity index (χ0n) is 14.0. The molecule has 0 atom stereocenters. The van der Waals surface area contributed by atoms with E-state index in [2.05, 4.69) is 0 Å². The van der Waals surface area contributed by atoms with Gasteiger partial charge in [-0.25, -0.2) is 4.39 Å². The second kappa shape index (κ2) is 8.60. The lowest BCUT2D eigenvalue weighted by atomic mass is 10.2. The van der Waals surface area contributed by atoms with Crippen molar-refractivity contribution in [1.82, 2.24) is 9.80 Å². The van der Waals surface area contributed by atoms with Gasteiger partial charge in [0, 0.05) is 37.0 Å². The number of amides is 2. The molecule has 0 unspecified atom stereocenters. The molecule has 1 aliphatic heterocycles. The summed E-state index contributed by atoms with van der Waals surface area (Å²) >= 11 is 7.43. The van der Waals surface area contributed by atoms with Crippen molar-refractivity contribution in [2.75, 3.05) is 31.9 Å². The molecular weight excluding hydrogens is 379 g/mol. The Morgan fingerprint density at radius 3 is 2.54 bits per heavy atom. The fourth-order valence-corrected chi connectivity index (χ4v) is 3.94. The maximum absolute atomic E-state index is 13.0. The van der Waals surface area contributed by atoms with Crippen LogP contribution in [-0.2, 0) is 10.5 Å². The highest BCUT2D eigenvalue weighted by molar-refractivity contribution is 7.99. The quantitative estimate of drug-likeness (QED) is 0.778. The Morgan fingerprint density at radius 2 is 1.88 bits per heavy atom. The molecular formula is C18H18ClFN2O3S. The van der Waals surface area contributed by atoms with Crippen LogP contribution >= 0.6 is 23.4 Å². The third-order valence-electron chi connectivity index (χ3n) is 4.15. The van der Waals surface area contributed by atoms with Crippen LogP contribution in [0.2, 0.25) is 5.02 Å². The summed E-state index contributed by atoms with van der Waals surface area (Å²) < 4.78 is 18.2. The van der Waals surface area contributed by atoms with E-state index in [4.69, 9.17) is 16.0 Å². The molecule has 0 saturated carbocycles. The summed E-state index contributed by atoms with van der Waals surface area (Å²) in [6.45, 7) is 1.98. The molecule has 1 fully saturated rings. The van der Waals surface area contributed by atoms with E-state index in [1.54, 1.807) is 28.0 Å². The molecule has 0 radical (unpaired) electrons. The third-order valence-corrected chi connectivity index (χ3v) is 5.47. The summed E-state index contributed by atoms with van der Waals surface area (Å²) in [4.78, 5) is 28.0. The number of hydrogen-bond acceptors (Lipinski definition) is 4. The van der Waals surface area contributed by atoms with E-state index in [1.165, 1.54) is 30.2 Å². The zero-order chi connectivity index (χ0) is 18.5. The van der Waals surface area contributed by atoms with Crippen LogP contribution in [-0.4, -0.2) is 53.5 Å². The second-order valence-corrected chi connectivity index (χ2v) is 7.27. The molecule has 1 aromatic heterocycles. The lowest BCUT2D eigenvalue weighted by molar-refractivity contribution is -0.129. The lowest BCUT2D eigenvalue weighted by Crippen LogP contribution is -2.51. The van der Waals surface area contributed by atoms with Crippen LogP contribution in [0, 0.1) is 5.82 Å². The van der Waals surface area contributed by atoms with Crippen LogP contribution in [0.5, 0.6) is 0 Å². The first kappa shape index (κ1) is 18.8. The molecule has 0 aliphatic carbocycles. The van der Waals surface area contributed by atoms with Crippen molar-refractivity contribution in [3.63, 3.8) is 0 Å². The van der Waals surface area contributed by atoms with Gasteiger partial charge in [-0.2, -0.15) is 0 Å². The predicted molar refractivity (Wildman–Crippen MR) is 98.8 cm³/mol. The minimum atomic E-state index is -0.373. The van der Waals surface area contributed by atoms with Crippen LogP contribution < -0.4 is 0 Å². The predicted octanol–water partition coefficient (Wildman–Crippen LogP) is 3.29. The van der Waals surface area contributed by atoms with Gasteiger partial charge in [0.05, 0.1) is 12.0 Å². The van der Waals surface area contributed by atoms with E-state index in [0.29, 0.717) is 48.5 Å². The average molecular weight is 397 g/mol. The summed E-state index contributed by atoms with van der Waals surface area (Å²) in [6, 6.07) is 7.58. The van der Waals surface area contributed by atoms with Gasteiger partial charge < -0.3 is 14.2 Å². The Kier molecular flexibility index (Phi) is 6.21. The number of rotatable bonds is 5. The molecule has 2 amide bonds. The number of benzene rings is 1. The molecule has 2 aromatic rings. The highest BCUT2D eigenvalue weighted by Crippen LogP contribution is 2.22. The molecule has 0 bridgehead atoms. The Bertz CT molecular complexity index is 777. The number of hydrogen-bond donors (Lipinski definition) is 0. The molecule has 138 valence electrons. The van der Waals surface area contributed by atoms with Crippen molar-refractivity contribution in [2.24, 2.45) is 0 Å². The molecule has 26 heavy (non-hydrogen) atoms. The molecule has 3 rings (SSSR count). The third kappa shape index (κ3) is 4.59. The van der Waals surface area contributed by atoms with Gasteiger partial charge >= 0.3 is 0 Å². The number of piperazine rings is 1. The minimum absolute atomic E-state index is 0.0262. The summed E-state index contributed by atoms with van der Waals surface area (Å²) in [5.74, 6) is 0.681. The Balaban J connectivity index is 1.43. The van der Waals surface area contributed by atoms with Gasteiger partial charge in [-0.1, -0.05) is 17.7 Å². The summed E-state index contributed by atoms with van der Waals surface area (Å²) in [5.41, 5.74) is 0.805. The lowest BCUT2D eigenvalue weighted by Gasteiger charge is -2.34. The second-order valence-electron chi connectivity index (χ2n) is 5.88. The minimum Gasteiger partial charge on any atom is -0.459 e. The van der Waals surface area contributed by atoms with E-state index in [9.17, 15) is 14.0 Å². The highest BCUT2D eigenvalue weighted by atomic mass is 35.5. The fourth-order valence-electron chi connectivity index (χ4n) is 2.69. The first-order valence-electron chi connectivity index (χ1n) is 8.17. The largest absolute Gasteiger partial charge is 0.459 e. The Morgan fingerprint density at radius 1 is 1.15 bits per heavy atom. The van der Waals surface area contributed by atoms with Crippen molar-refractivity contribution in [2.45, 2.75) is 5.75 Å². The van der Waals surface area contributed by atoms with E-state index in [-0.39, 0.29) is 17.6 Å². The van der Waals surface area contributed by atoms with Crippen molar-refractivity contribution in [3.8, 4) is 0 Å². The first-order valence-corrected chi connectivity index (χ1v) is 9.70. The molecule has 8 heteroatoms. The van der Waals surface area contributed by atoms with Gasteiger partial charge in [0.2, 0.25) is 5.91 Å². The zero-order valence-corrected chi connectivity index (χ0v) is 15.6. The van der Waals surface area contributed by atoms with E-state index in [1.807, 2.05) is 0 Å². The van der Waals surface area contributed by atoms with Gasteiger partial charge in [0.15, 0.2) is 5.76 Å². The van der Waals surface area contributed by atoms with Gasteiger partial charge in [0.1, 0.15) is 5.82 Å². The summed E-state index contributed by atoms with van der Waals surface area (Å²) in [5, 5.41) is 0.370. The van der Waals surface area contributed by atoms with Crippen molar-refractivity contribution in [3.05, 3.63) is 58.8 Å². The molecule has 0 spiro atoms. The molecule has 5 nitrogen and oxygen atoms in total. The number of carbonyl (C=O) groups is 2. The number of halogens is 2. The number of thioether (sulfide) groups is 1. The van der Waals surface area contributed by atoms with Crippen molar-refractivity contribution < 1.29 is 18.4 Å². The van der Waals surface area contributed by atoms with E-state index < -0.39 is 0 Å². The van der Waals surface area contributed by atoms with Crippen LogP contribution in [0.15, 0.2) is 41.0 Å². The summed E-state index contributed by atoms with van der Waals surface area (Å²) in [7, 11) is 0. The summed E-state index contributed by atoms with van der Waals surface area (Å²) in [6.07, 6.45) is 1.47. The number of nitrogens with zero attached hydrogens (tertiary/aromatic N) is 2. The molecule has 0 N–H and O–H groups in total. The van der Waals surface area contributed by atoms with Gasteiger partial charge in [-0.15, -0.1) is 11.8 Å². The molecule has 1 aliphatic rings. The number of furan rings is 1. The Labute approximate surface area is 160 Å². The SMILES string of the molecule is O=C(CSCc1ccc(F)cc1Cl)N1CCN(C(=O)c2ccco2)CC1. The van der Waals surface area contributed by atoms with E-state index >= 15 is 0 Å². The smallest absolute Gasteiger partial charge is 0.289 e. The fraction of sp³-hybridized carbons (Fsp3) is 0.333. The maximum atomic E-state index is 13.0. The standard InChI is InChI=1S/C18H18ClFN2O3S/c19-15-10-14(20)4-3-13(15)11-26-12-17(23)21-5-7-22(8-6-21)18(24)16-2-1-9-25-16/h1-4,9-10H,5-8,11-12H2. The highest BCUT2D eigenvalue weighted by Gasteiger charge is 2.25. The Hall–Kier alpha value is -1.99. The van der Waals surface area contributed by atoms with Crippen LogP contribution in [0.1, 0.15) is 16.1 Å². The van der Waals surface area contributed by atoms with Crippen molar-refractivity contribution >= 4 is 35.2 Å². The average Bonchev–Trinajstić information content (AvgIpc) is 3.17. The topological polar surface area (TPSA) is 53.8 Å². The monoisotopic (exact) mass is 396 g/mol. The molecule has 2 heterocycles. The molecule has 1 aromatic carbocycles. The first-order chi connectivity index (χ1) is 12.5. The van der Waals surface area contributed by atoms with Crippen molar-refractivity contribution in [1.29, 1.82) is 0 Å². The van der Waals surface area contributed by atoms with Gasteiger partial charge in [-0.3, -0.25) is 9.59 Å².